The predicted octanol–water partition coefficient (Wildman–Crippen LogP) is 2.76. The molecule has 1 aromatic heterocycles. The van der Waals surface area contributed by atoms with Crippen LogP contribution < -0.4 is 0 Å². The summed E-state index contributed by atoms with van der Waals surface area (Å²) in [6.45, 7) is 2.68. The van der Waals surface area contributed by atoms with E-state index in [0.29, 0.717) is 12.4 Å². The first kappa shape index (κ1) is 13.1. The number of aromatic nitrogens is 4. The van der Waals surface area contributed by atoms with Crippen LogP contribution in [0, 0.1) is 11.8 Å². The lowest BCUT2D eigenvalue weighted by molar-refractivity contribution is 0.553. The lowest BCUT2D eigenvalue weighted by atomic mass is 10.1. The zero-order valence-corrected chi connectivity index (χ0v) is 11.7. The van der Waals surface area contributed by atoms with E-state index < -0.39 is 0 Å². The highest BCUT2D eigenvalue weighted by atomic mass is 15.6. The molecular formula is C17H14N4. The molecule has 0 unspecified atom stereocenters. The van der Waals surface area contributed by atoms with Crippen LogP contribution >= 0.6 is 0 Å². The van der Waals surface area contributed by atoms with E-state index in [1.165, 1.54) is 0 Å². The zero-order chi connectivity index (χ0) is 14.5. The fourth-order valence-electron chi connectivity index (χ4n) is 1.93. The molecule has 102 valence electrons. The molecule has 21 heavy (non-hydrogen) atoms. The Morgan fingerprint density at radius 1 is 0.952 bits per heavy atom. The number of tetrazole rings is 1. The molecule has 0 spiro atoms. The molecule has 0 saturated carbocycles. The molecule has 4 heteroatoms. The van der Waals surface area contributed by atoms with Crippen LogP contribution in [0.1, 0.15) is 18.1 Å². The van der Waals surface area contributed by atoms with Crippen molar-refractivity contribution in [3.05, 3.63) is 65.7 Å². The van der Waals surface area contributed by atoms with Gasteiger partial charge in [-0.05, 0) is 36.4 Å². The largest absolute Gasteiger partial charge is 0.206 e. The van der Waals surface area contributed by atoms with Gasteiger partial charge in [-0.2, -0.15) is 4.80 Å². The standard InChI is InChI=1S/C17H14N4/c1-2-21-19-17(18-20-21)16-11-7-6-10-15(16)13-12-14-8-4-3-5-9-14/h3-11H,2H2,1H3. The molecule has 0 bridgehead atoms. The summed E-state index contributed by atoms with van der Waals surface area (Å²) in [4.78, 5) is 1.57. The van der Waals surface area contributed by atoms with Crippen LogP contribution in [0.25, 0.3) is 11.4 Å². The summed E-state index contributed by atoms with van der Waals surface area (Å²) < 4.78 is 0. The Balaban J connectivity index is 1.99. The number of aryl methyl sites for hydroxylation is 1. The van der Waals surface area contributed by atoms with Crippen LogP contribution in [0.3, 0.4) is 0 Å². The minimum Gasteiger partial charge on any atom is -0.164 e. The first-order valence-electron chi connectivity index (χ1n) is 6.81. The van der Waals surface area contributed by atoms with E-state index >= 15 is 0 Å². The number of benzene rings is 2. The molecule has 4 nitrogen and oxygen atoms in total. The molecule has 0 aliphatic carbocycles. The maximum atomic E-state index is 4.34. The fraction of sp³-hybridized carbons (Fsp3) is 0.118. The first-order valence-corrected chi connectivity index (χ1v) is 6.81. The van der Waals surface area contributed by atoms with Gasteiger partial charge in [-0.25, -0.2) is 0 Å². The topological polar surface area (TPSA) is 43.6 Å². The van der Waals surface area contributed by atoms with Crippen LogP contribution in [-0.4, -0.2) is 20.2 Å². The molecule has 1 heterocycles. The van der Waals surface area contributed by atoms with Crippen LogP contribution in [-0.2, 0) is 6.54 Å². The van der Waals surface area contributed by atoms with Gasteiger partial charge in [0.1, 0.15) is 0 Å². The Morgan fingerprint density at radius 2 is 1.71 bits per heavy atom. The van der Waals surface area contributed by atoms with E-state index in [2.05, 4.69) is 27.3 Å². The number of hydrogen-bond acceptors (Lipinski definition) is 3. The SMILES string of the molecule is CCn1nnc(-c2ccccc2C#Cc2ccccc2)n1. The second kappa shape index (κ2) is 6.02. The summed E-state index contributed by atoms with van der Waals surface area (Å²) >= 11 is 0. The third-order valence-corrected chi connectivity index (χ3v) is 3.02. The average Bonchev–Trinajstić information content (AvgIpc) is 3.03. The quantitative estimate of drug-likeness (QED) is 0.675. The van der Waals surface area contributed by atoms with Crippen LogP contribution in [0.4, 0.5) is 0 Å². The molecule has 3 rings (SSSR count). The second-order valence-corrected chi connectivity index (χ2v) is 4.46. The van der Waals surface area contributed by atoms with E-state index in [4.69, 9.17) is 0 Å². The lowest BCUT2D eigenvalue weighted by Crippen LogP contribution is -1.98. The van der Waals surface area contributed by atoms with Crippen LogP contribution in [0.5, 0.6) is 0 Å². The van der Waals surface area contributed by atoms with E-state index in [9.17, 15) is 0 Å². The normalized spacial score (nSPS) is 9.95. The summed E-state index contributed by atoms with van der Waals surface area (Å²) in [5.74, 6) is 6.95. The third-order valence-electron chi connectivity index (χ3n) is 3.02. The van der Waals surface area contributed by atoms with Gasteiger partial charge < -0.3 is 0 Å². The zero-order valence-electron chi connectivity index (χ0n) is 11.7. The van der Waals surface area contributed by atoms with Crippen molar-refractivity contribution < 1.29 is 0 Å². The number of rotatable bonds is 2. The molecule has 0 amide bonds. The van der Waals surface area contributed by atoms with Gasteiger partial charge in [0.15, 0.2) is 0 Å². The van der Waals surface area contributed by atoms with Gasteiger partial charge in [0, 0.05) is 16.7 Å². The lowest BCUT2D eigenvalue weighted by Gasteiger charge is -1.98. The highest BCUT2D eigenvalue weighted by Gasteiger charge is 2.08. The van der Waals surface area contributed by atoms with Gasteiger partial charge in [-0.1, -0.05) is 42.2 Å². The molecule has 0 aliphatic heterocycles. The summed E-state index contributed by atoms with van der Waals surface area (Å²) in [7, 11) is 0. The molecule has 0 N–H and O–H groups in total. The van der Waals surface area contributed by atoms with Crippen molar-refractivity contribution in [2.24, 2.45) is 0 Å². The smallest absolute Gasteiger partial charge is 0.164 e. The minimum absolute atomic E-state index is 0.606. The van der Waals surface area contributed by atoms with E-state index in [1.807, 2.05) is 61.5 Å². The van der Waals surface area contributed by atoms with Crippen molar-refractivity contribution in [3.8, 4) is 23.2 Å². The third kappa shape index (κ3) is 2.98. The summed E-state index contributed by atoms with van der Waals surface area (Å²) in [6, 6.07) is 17.8. The summed E-state index contributed by atoms with van der Waals surface area (Å²) in [5.41, 5.74) is 2.79. The van der Waals surface area contributed by atoms with Gasteiger partial charge in [0.05, 0.1) is 6.54 Å². The average molecular weight is 274 g/mol. The minimum atomic E-state index is 0.606. The molecule has 0 fully saturated rings. The molecule has 0 aliphatic rings. The maximum absolute atomic E-state index is 4.34. The Hall–Kier alpha value is -2.93. The van der Waals surface area contributed by atoms with Crippen LogP contribution in [0.2, 0.25) is 0 Å². The maximum Gasteiger partial charge on any atom is 0.206 e. The summed E-state index contributed by atoms with van der Waals surface area (Å²) in [6.07, 6.45) is 0. The van der Waals surface area contributed by atoms with Crippen molar-refractivity contribution in [2.45, 2.75) is 13.5 Å². The molecule has 2 aromatic carbocycles. The van der Waals surface area contributed by atoms with Crippen molar-refractivity contribution in [3.63, 3.8) is 0 Å². The summed E-state index contributed by atoms with van der Waals surface area (Å²) in [5, 5.41) is 12.4. The van der Waals surface area contributed by atoms with E-state index in [1.54, 1.807) is 4.80 Å². The van der Waals surface area contributed by atoms with Crippen molar-refractivity contribution >= 4 is 0 Å². The van der Waals surface area contributed by atoms with Gasteiger partial charge in [-0.15, -0.1) is 10.2 Å². The first-order chi connectivity index (χ1) is 10.4. The molecular weight excluding hydrogens is 260 g/mol. The Labute approximate surface area is 123 Å². The van der Waals surface area contributed by atoms with E-state index in [0.717, 1.165) is 16.7 Å². The highest BCUT2D eigenvalue weighted by Crippen LogP contribution is 2.18. The van der Waals surface area contributed by atoms with Gasteiger partial charge in [0.25, 0.3) is 0 Å². The monoisotopic (exact) mass is 274 g/mol. The fourth-order valence-corrected chi connectivity index (χ4v) is 1.93. The van der Waals surface area contributed by atoms with Crippen LogP contribution in [0.15, 0.2) is 54.6 Å². The van der Waals surface area contributed by atoms with Gasteiger partial charge >= 0.3 is 0 Å². The molecule has 0 radical (unpaired) electrons. The van der Waals surface area contributed by atoms with Crippen molar-refractivity contribution in [1.29, 1.82) is 0 Å². The highest BCUT2D eigenvalue weighted by molar-refractivity contribution is 5.65. The Kier molecular flexibility index (Phi) is 3.74. The van der Waals surface area contributed by atoms with Crippen molar-refractivity contribution in [2.75, 3.05) is 0 Å². The van der Waals surface area contributed by atoms with Gasteiger partial charge in [0.2, 0.25) is 5.82 Å². The number of nitrogens with zero attached hydrogens (tertiary/aromatic N) is 4. The predicted molar refractivity (Wildman–Crippen MR) is 81.3 cm³/mol. The van der Waals surface area contributed by atoms with Gasteiger partial charge in [-0.3, -0.25) is 0 Å². The Bertz CT molecular complexity index is 794. The number of hydrogen-bond donors (Lipinski definition) is 0. The molecule has 0 saturated heterocycles. The molecule has 3 aromatic rings. The Morgan fingerprint density at radius 3 is 2.48 bits per heavy atom. The molecule has 0 atom stereocenters. The van der Waals surface area contributed by atoms with E-state index in [-0.39, 0.29) is 0 Å². The second-order valence-electron chi connectivity index (χ2n) is 4.46. The van der Waals surface area contributed by atoms with Crippen molar-refractivity contribution in [1.82, 2.24) is 20.2 Å².